The molecule has 7 nitrogen and oxygen atoms in total. The number of hydrogen-bond donors (Lipinski definition) is 1. The number of carbonyl (C=O) groups excluding carboxylic acids is 2. The number of aryl methyl sites for hydroxylation is 2. The summed E-state index contributed by atoms with van der Waals surface area (Å²) in [5.74, 6) is -0.404. The summed E-state index contributed by atoms with van der Waals surface area (Å²) in [6.45, 7) is 5.42. The highest BCUT2D eigenvalue weighted by molar-refractivity contribution is 7.92. The fourth-order valence-electron chi connectivity index (χ4n) is 4.54. The van der Waals surface area contributed by atoms with E-state index in [1.54, 1.807) is 48.5 Å². The molecule has 194 valence electrons. The van der Waals surface area contributed by atoms with Crippen molar-refractivity contribution in [3.8, 4) is 0 Å². The Hall–Kier alpha value is -3.65. The molecule has 0 aliphatic carbocycles. The van der Waals surface area contributed by atoms with Crippen molar-refractivity contribution in [2.45, 2.75) is 39.7 Å². The number of nitrogens with one attached hydrogen (secondary N) is 1. The third-order valence-electron chi connectivity index (χ3n) is 6.62. The first-order valence-electron chi connectivity index (χ1n) is 12.5. The van der Waals surface area contributed by atoms with Gasteiger partial charge in [-0.2, -0.15) is 0 Å². The quantitative estimate of drug-likeness (QED) is 0.468. The summed E-state index contributed by atoms with van der Waals surface area (Å²) < 4.78 is 26.6. The largest absolute Gasteiger partial charge is 0.339 e. The van der Waals surface area contributed by atoms with Gasteiger partial charge in [0.05, 0.1) is 29.7 Å². The molecule has 0 unspecified atom stereocenters. The van der Waals surface area contributed by atoms with E-state index in [1.165, 1.54) is 10.6 Å². The lowest BCUT2D eigenvalue weighted by atomic mass is 10.1. The number of carbonyl (C=O) groups is 2. The zero-order valence-corrected chi connectivity index (χ0v) is 22.3. The first-order valence-corrected chi connectivity index (χ1v) is 14.3. The summed E-state index contributed by atoms with van der Waals surface area (Å²) in [4.78, 5) is 27.9. The number of amides is 2. The third kappa shape index (κ3) is 6.38. The fraction of sp³-hybridized carbons (Fsp3) is 0.310. The van der Waals surface area contributed by atoms with E-state index in [0.29, 0.717) is 22.5 Å². The van der Waals surface area contributed by atoms with Crippen molar-refractivity contribution < 1.29 is 18.0 Å². The second-order valence-corrected chi connectivity index (χ2v) is 11.5. The van der Waals surface area contributed by atoms with Gasteiger partial charge in [0.25, 0.3) is 11.8 Å². The van der Waals surface area contributed by atoms with Crippen molar-refractivity contribution in [2.75, 3.05) is 29.0 Å². The monoisotopic (exact) mass is 519 g/mol. The minimum atomic E-state index is -3.53. The molecule has 8 heteroatoms. The first-order chi connectivity index (χ1) is 17.6. The van der Waals surface area contributed by atoms with Crippen LogP contribution in [-0.4, -0.2) is 44.5 Å². The minimum absolute atomic E-state index is 0.0711. The molecule has 4 rings (SSSR count). The van der Waals surface area contributed by atoms with Crippen LogP contribution in [0.3, 0.4) is 0 Å². The Morgan fingerprint density at radius 1 is 0.919 bits per heavy atom. The molecule has 3 aromatic carbocycles. The SMILES string of the molecule is Cc1ccc(C)c(N(Cc2ccc(C(=O)Nc3ccccc3C(=O)N3CCCCC3)cc2)S(C)(=O)=O)c1. The summed E-state index contributed by atoms with van der Waals surface area (Å²) in [5, 5.41) is 2.88. The maximum atomic E-state index is 13.0. The molecule has 1 aliphatic rings. The predicted octanol–water partition coefficient (Wildman–Crippen LogP) is 5.15. The highest BCUT2D eigenvalue weighted by Crippen LogP contribution is 2.26. The molecule has 0 atom stereocenters. The molecule has 37 heavy (non-hydrogen) atoms. The zero-order chi connectivity index (χ0) is 26.6. The lowest BCUT2D eigenvalue weighted by Crippen LogP contribution is -2.36. The average molecular weight is 520 g/mol. The van der Waals surface area contributed by atoms with E-state index in [0.717, 1.165) is 49.0 Å². The Kier molecular flexibility index (Phi) is 7.97. The van der Waals surface area contributed by atoms with Crippen molar-refractivity contribution in [3.05, 3.63) is 94.5 Å². The molecular weight excluding hydrogens is 486 g/mol. The molecule has 1 saturated heterocycles. The Labute approximate surface area is 219 Å². The van der Waals surface area contributed by atoms with Crippen LogP contribution < -0.4 is 9.62 Å². The molecule has 0 bridgehead atoms. The van der Waals surface area contributed by atoms with Crippen molar-refractivity contribution in [1.82, 2.24) is 4.90 Å². The lowest BCUT2D eigenvalue weighted by Gasteiger charge is -2.27. The van der Waals surface area contributed by atoms with Gasteiger partial charge in [0.15, 0.2) is 0 Å². The van der Waals surface area contributed by atoms with E-state index < -0.39 is 10.0 Å². The van der Waals surface area contributed by atoms with E-state index in [4.69, 9.17) is 0 Å². The Morgan fingerprint density at radius 2 is 1.59 bits per heavy atom. The number of sulfonamides is 1. The van der Waals surface area contributed by atoms with Gasteiger partial charge in [0.2, 0.25) is 10.0 Å². The number of para-hydroxylation sites is 1. The molecule has 1 heterocycles. The van der Waals surface area contributed by atoms with Crippen LogP contribution >= 0.6 is 0 Å². The fourth-order valence-corrected chi connectivity index (χ4v) is 5.47. The molecule has 0 spiro atoms. The van der Waals surface area contributed by atoms with Gasteiger partial charge in [-0.1, -0.05) is 36.4 Å². The Balaban J connectivity index is 1.50. The second kappa shape index (κ2) is 11.2. The van der Waals surface area contributed by atoms with Gasteiger partial charge in [-0.3, -0.25) is 13.9 Å². The van der Waals surface area contributed by atoms with Crippen LogP contribution in [-0.2, 0) is 16.6 Å². The molecule has 0 saturated carbocycles. The zero-order valence-electron chi connectivity index (χ0n) is 21.5. The van der Waals surface area contributed by atoms with Gasteiger partial charge in [-0.15, -0.1) is 0 Å². The van der Waals surface area contributed by atoms with E-state index in [9.17, 15) is 18.0 Å². The van der Waals surface area contributed by atoms with Gasteiger partial charge in [0.1, 0.15) is 0 Å². The third-order valence-corrected chi connectivity index (χ3v) is 7.75. The lowest BCUT2D eigenvalue weighted by molar-refractivity contribution is 0.0725. The van der Waals surface area contributed by atoms with Crippen molar-refractivity contribution in [3.63, 3.8) is 0 Å². The standard InChI is InChI=1S/C29H33N3O4S/c1-21-11-12-22(2)27(19-21)32(37(3,35)36)20-23-13-15-24(16-14-23)28(33)30-26-10-6-5-9-25(26)29(34)31-17-7-4-8-18-31/h5-6,9-16,19H,4,7-8,17-18,20H2,1-3H3,(H,30,33). The molecule has 0 radical (unpaired) electrons. The van der Waals surface area contributed by atoms with E-state index >= 15 is 0 Å². The average Bonchev–Trinajstić information content (AvgIpc) is 2.89. The summed E-state index contributed by atoms with van der Waals surface area (Å²) >= 11 is 0. The number of piperidine rings is 1. The van der Waals surface area contributed by atoms with Crippen LogP contribution in [0, 0.1) is 13.8 Å². The number of likely N-dealkylation sites (tertiary alicyclic amines) is 1. The van der Waals surface area contributed by atoms with Crippen LogP contribution in [0.1, 0.15) is 56.7 Å². The second-order valence-electron chi connectivity index (χ2n) is 9.61. The molecule has 1 N–H and O–H groups in total. The van der Waals surface area contributed by atoms with Crippen molar-refractivity contribution in [1.29, 1.82) is 0 Å². The summed E-state index contributed by atoms with van der Waals surface area (Å²) in [7, 11) is -3.53. The molecule has 0 aromatic heterocycles. The van der Waals surface area contributed by atoms with Crippen molar-refractivity contribution >= 4 is 33.2 Å². The van der Waals surface area contributed by atoms with E-state index in [2.05, 4.69) is 5.32 Å². The number of hydrogen-bond acceptors (Lipinski definition) is 4. The number of benzene rings is 3. The highest BCUT2D eigenvalue weighted by atomic mass is 32.2. The Bertz CT molecular complexity index is 1390. The maximum absolute atomic E-state index is 13.0. The molecular formula is C29H33N3O4S. The molecule has 1 aliphatic heterocycles. The van der Waals surface area contributed by atoms with Crippen molar-refractivity contribution in [2.24, 2.45) is 0 Å². The highest BCUT2D eigenvalue weighted by Gasteiger charge is 2.22. The topological polar surface area (TPSA) is 86.8 Å². The molecule has 2 amide bonds. The van der Waals surface area contributed by atoms with E-state index in [-0.39, 0.29) is 18.4 Å². The normalized spacial score (nSPS) is 13.8. The minimum Gasteiger partial charge on any atom is -0.339 e. The van der Waals surface area contributed by atoms with Gasteiger partial charge >= 0.3 is 0 Å². The maximum Gasteiger partial charge on any atom is 0.255 e. The number of nitrogens with zero attached hydrogens (tertiary/aromatic N) is 2. The van der Waals surface area contributed by atoms with Gasteiger partial charge < -0.3 is 10.2 Å². The van der Waals surface area contributed by atoms with Crippen LogP contribution in [0.15, 0.2) is 66.7 Å². The smallest absolute Gasteiger partial charge is 0.255 e. The van der Waals surface area contributed by atoms with Crippen LogP contribution in [0.5, 0.6) is 0 Å². The van der Waals surface area contributed by atoms with Crippen LogP contribution in [0.25, 0.3) is 0 Å². The predicted molar refractivity (Wildman–Crippen MR) is 148 cm³/mol. The Morgan fingerprint density at radius 3 is 2.27 bits per heavy atom. The summed E-state index contributed by atoms with van der Waals surface area (Å²) in [6.07, 6.45) is 4.31. The number of rotatable bonds is 7. The van der Waals surface area contributed by atoms with Gasteiger partial charge in [-0.05, 0) is 80.1 Å². The summed E-state index contributed by atoms with van der Waals surface area (Å²) in [5.41, 5.74) is 4.60. The van der Waals surface area contributed by atoms with E-state index in [1.807, 2.05) is 36.9 Å². The molecule has 1 fully saturated rings. The van der Waals surface area contributed by atoms with Crippen LogP contribution in [0.2, 0.25) is 0 Å². The summed E-state index contributed by atoms with van der Waals surface area (Å²) in [6, 6.07) is 19.6. The van der Waals surface area contributed by atoms with Gasteiger partial charge in [-0.25, -0.2) is 8.42 Å². The number of anilines is 2. The molecule has 3 aromatic rings. The first kappa shape index (κ1) is 26.4. The van der Waals surface area contributed by atoms with Gasteiger partial charge in [0, 0.05) is 18.7 Å². The van der Waals surface area contributed by atoms with Crippen LogP contribution in [0.4, 0.5) is 11.4 Å².